The molecule has 0 aliphatic rings. The second-order valence-electron chi connectivity index (χ2n) is 5.91. The Morgan fingerprint density at radius 1 is 1.33 bits per heavy atom. The molecule has 7 nitrogen and oxygen atoms in total. The summed E-state index contributed by atoms with van der Waals surface area (Å²) in [5, 5.41) is 17.1. The molecular weight excluding hydrogens is 268 g/mol. The van der Waals surface area contributed by atoms with Gasteiger partial charge in [0.25, 0.3) is 0 Å². The van der Waals surface area contributed by atoms with Crippen LogP contribution in [0.2, 0.25) is 0 Å². The van der Waals surface area contributed by atoms with Crippen molar-refractivity contribution < 1.29 is 4.79 Å². The van der Waals surface area contributed by atoms with Crippen molar-refractivity contribution in [2.45, 2.75) is 33.2 Å². The third kappa shape index (κ3) is 4.35. The number of nitrogens with zero attached hydrogens (tertiary/aromatic N) is 4. The summed E-state index contributed by atoms with van der Waals surface area (Å²) in [5.74, 6) is -0.0699. The summed E-state index contributed by atoms with van der Waals surface area (Å²) in [6, 6.07) is 5.60. The van der Waals surface area contributed by atoms with Crippen LogP contribution in [-0.4, -0.2) is 38.2 Å². The Kier molecular flexibility index (Phi) is 4.32. The molecular formula is C14H20N6O. The molecule has 2 N–H and O–H groups in total. The van der Waals surface area contributed by atoms with Gasteiger partial charge in [0.2, 0.25) is 5.91 Å². The molecule has 112 valence electrons. The molecule has 0 bridgehead atoms. The molecule has 0 saturated heterocycles. The summed E-state index contributed by atoms with van der Waals surface area (Å²) < 4.78 is 1.59. The van der Waals surface area contributed by atoms with Crippen molar-refractivity contribution in [2.75, 3.05) is 11.9 Å². The fraction of sp³-hybridized carbons (Fsp3) is 0.429. The summed E-state index contributed by atoms with van der Waals surface area (Å²) >= 11 is 0. The number of hydrogen-bond acceptors (Lipinski definition) is 5. The molecule has 2 aromatic rings. The van der Waals surface area contributed by atoms with Gasteiger partial charge in [-0.3, -0.25) is 4.79 Å². The maximum absolute atomic E-state index is 11.9. The van der Waals surface area contributed by atoms with E-state index in [9.17, 15) is 4.79 Å². The maximum atomic E-state index is 11.9. The van der Waals surface area contributed by atoms with E-state index < -0.39 is 0 Å². The molecule has 0 unspecified atom stereocenters. The van der Waals surface area contributed by atoms with Gasteiger partial charge in [0.1, 0.15) is 6.33 Å². The van der Waals surface area contributed by atoms with Gasteiger partial charge in [-0.2, -0.15) is 0 Å². The number of aryl methyl sites for hydroxylation is 1. The summed E-state index contributed by atoms with van der Waals surface area (Å²) in [5.41, 5.74) is 2.52. The maximum Gasteiger partial charge on any atom is 0.238 e. The second-order valence-corrected chi connectivity index (χ2v) is 5.91. The van der Waals surface area contributed by atoms with Crippen LogP contribution in [0.15, 0.2) is 24.5 Å². The van der Waals surface area contributed by atoms with Gasteiger partial charge in [0.15, 0.2) is 0 Å². The van der Waals surface area contributed by atoms with Crippen LogP contribution in [0.3, 0.4) is 0 Å². The predicted molar refractivity (Wildman–Crippen MR) is 80.3 cm³/mol. The molecule has 1 aromatic heterocycles. The molecule has 1 amide bonds. The second kappa shape index (κ2) is 6.01. The van der Waals surface area contributed by atoms with E-state index in [0.717, 1.165) is 16.9 Å². The fourth-order valence-electron chi connectivity index (χ4n) is 1.81. The van der Waals surface area contributed by atoms with Gasteiger partial charge in [-0.05, 0) is 61.9 Å². The number of hydrogen-bond donors (Lipinski definition) is 2. The number of benzene rings is 1. The third-order valence-electron chi connectivity index (χ3n) is 2.86. The average Bonchev–Trinajstić information content (AvgIpc) is 2.89. The van der Waals surface area contributed by atoms with Gasteiger partial charge in [0.05, 0.1) is 12.2 Å². The molecule has 1 aromatic carbocycles. The van der Waals surface area contributed by atoms with Gasteiger partial charge in [0, 0.05) is 11.2 Å². The third-order valence-corrected chi connectivity index (χ3v) is 2.86. The molecule has 0 atom stereocenters. The molecule has 0 aliphatic carbocycles. The first-order valence-electron chi connectivity index (χ1n) is 6.74. The number of carbonyl (C=O) groups is 1. The van der Waals surface area contributed by atoms with Crippen molar-refractivity contribution in [3.8, 4) is 5.69 Å². The van der Waals surface area contributed by atoms with Crippen molar-refractivity contribution in [1.29, 1.82) is 0 Å². The molecule has 21 heavy (non-hydrogen) atoms. The largest absolute Gasteiger partial charge is 0.325 e. The van der Waals surface area contributed by atoms with Gasteiger partial charge in [-0.25, -0.2) is 4.68 Å². The zero-order valence-electron chi connectivity index (χ0n) is 12.7. The molecule has 0 aliphatic heterocycles. The molecule has 0 saturated carbocycles. The summed E-state index contributed by atoms with van der Waals surface area (Å²) in [6.07, 6.45) is 1.54. The minimum atomic E-state index is -0.0861. The van der Waals surface area contributed by atoms with Crippen LogP contribution >= 0.6 is 0 Å². The lowest BCUT2D eigenvalue weighted by Gasteiger charge is -2.20. The normalized spacial score (nSPS) is 11.4. The SMILES string of the molecule is Cc1cc(NC(=O)CNC(C)(C)C)ccc1-n1cnnn1. The number of anilines is 1. The highest BCUT2D eigenvalue weighted by Crippen LogP contribution is 2.17. The van der Waals surface area contributed by atoms with Crippen LogP contribution < -0.4 is 10.6 Å². The van der Waals surface area contributed by atoms with Gasteiger partial charge < -0.3 is 10.6 Å². The zero-order chi connectivity index (χ0) is 15.5. The van der Waals surface area contributed by atoms with E-state index >= 15 is 0 Å². The van der Waals surface area contributed by atoms with Crippen molar-refractivity contribution >= 4 is 11.6 Å². The quantitative estimate of drug-likeness (QED) is 0.885. The van der Waals surface area contributed by atoms with E-state index in [-0.39, 0.29) is 18.0 Å². The number of rotatable bonds is 4. The highest BCUT2D eigenvalue weighted by atomic mass is 16.1. The van der Waals surface area contributed by atoms with Crippen molar-refractivity contribution in [1.82, 2.24) is 25.5 Å². The van der Waals surface area contributed by atoms with Crippen LogP contribution in [0.4, 0.5) is 5.69 Å². The van der Waals surface area contributed by atoms with Gasteiger partial charge in [-0.15, -0.1) is 5.10 Å². The van der Waals surface area contributed by atoms with E-state index in [2.05, 4.69) is 26.2 Å². The Labute approximate surface area is 123 Å². The van der Waals surface area contributed by atoms with Crippen LogP contribution in [0, 0.1) is 6.92 Å². The first-order chi connectivity index (χ1) is 9.85. The summed E-state index contributed by atoms with van der Waals surface area (Å²) in [6.45, 7) is 8.28. The number of nitrogens with one attached hydrogen (secondary N) is 2. The highest BCUT2D eigenvalue weighted by Gasteiger charge is 2.12. The summed E-state index contributed by atoms with van der Waals surface area (Å²) in [7, 11) is 0. The Morgan fingerprint density at radius 3 is 2.67 bits per heavy atom. The molecule has 7 heteroatoms. The van der Waals surface area contributed by atoms with E-state index in [1.807, 2.05) is 45.9 Å². The first kappa shape index (κ1) is 15.1. The van der Waals surface area contributed by atoms with Crippen LogP contribution in [0.5, 0.6) is 0 Å². The molecule has 0 radical (unpaired) electrons. The average molecular weight is 288 g/mol. The Morgan fingerprint density at radius 2 is 2.10 bits per heavy atom. The lowest BCUT2D eigenvalue weighted by atomic mass is 10.1. The monoisotopic (exact) mass is 288 g/mol. The van der Waals surface area contributed by atoms with E-state index in [1.54, 1.807) is 4.68 Å². The topological polar surface area (TPSA) is 84.7 Å². The first-order valence-corrected chi connectivity index (χ1v) is 6.74. The van der Waals surface area contributed by atoms with Crippen LogP contribution in [0.1, 0.15) is 26.3 Å². The fourth-order valence-corrected chi connectivity index (χ4v) is 1.81. The number of aromatic nitrogens is 4. The highest BCUT2D eigenvalue weighted by molar-refractivity contribution is 5.92. The van der Waals surface area contributed by atoms with Gasteiger partial charge >= 0.3 is 0 Å². The Bertz CT molecular complexity index is 615. The van der Waals surface area contributed by atoms with Gasteiger partial charge in [-0.1, -0.05) is 0 Å². The lowest BCUT2D eigenvalue weighted by molar-refractivity contribution is -0.115. The standard InChI is InChI=1S/C14H20N6O/c1-10-7-11(17-13(21)8-15-14(2,3)4)5-6-12(10)20-9-16-18-19-20/h5-7,9,15H,8H2,1-4H3,(H,17,21). The number of tetrazole rings is 1. The Hall–Kier alpha value is -2.28. The van der Waals surface area contributed by atoms with Crippen LogP contribution in [0.25, 0.3) is 5.69 Å². The van der Waals surface area contributed by atoms with Crippen molar-refractivity contribution in [3.05, 3.63) is 30.1 Å². The lowest BCUT2D eigenvalue weighted by Crippen LogP contribution is -2.41. The van der Waals surface area contributed by atoms with Crippen LogP contribution in [-0.2, 0) is 4.79 Å². The Balaban J connectivity index is 2.02. The molecule has 0 fully saturated rings. The summed E-state index contributed by atoms with van der Waals surface area (Å²) in [4.78, 5) is 11.9. The van der Waals surface area contributed by atoms with E-state index in [4.69, 9.17) is 0 Å². The van der Waals surface area contributed by atoms with E-state index in [0.29, 0.717) is 0 Å². The molecule has 0 spiro atoms. The van der Waals surface area contributed by atoms with Crippen molar-refractivity contribution in [3.63, 3.8) is 0 Å². The minimum absolute atomic E-state index is 0.0699. The predicted octanol–water partition coefficient (Wildman–Crippen LogP) is 1.30. The smallest absolute Gasteiger partial charge is 0.238 e. The van der Waals surface area contributed by atoms with E-state index in [1.165, 1.54) is 6.33 Å². The molecule has 2 rings (SSSR count). The minimum Gasteiger partial charge on any atom is -0.325 e. The zero-order valence-corrected chi connectivity index (χ0v) is 12.7. The van der Waals surface area contributed by atoms with Crippen molar-refractivity contribution in [2.24, 2.45) is 0 Å². The number of carbonyl (C=O) groups excluding carboxylic acids is 1. The molecule has 1 heterocycles. The number of amides is 1.